The second-order valence-corrected chi connectivity index (χ2v) is 3.60. The van der Waals surface area contributed by atoms with Crippen molar-refractivity contribution in [3.05, 3.63) is 36.3 Å². The quantitative estimate of drug-likeness (QED) is 0.822. The third-order valence-corrected chi connectivity index (χ3v) is 2.36. The maximum atomic E-state index is 8.67. The van der Waals surface area contributed by atoms with Crippen LogP contribution in [-0.2, 0) is 0 Å². The van der Waals surface area contributed by atoms with Crippen LogP contribution in [0.15, 0.2) is 36.3 Å². The van der Waals surface area contributed by atoms with Crippen LogP contribution in [0.1, 0.15) is 0 Å². The van der Waals surface area contributed by atoms with Gasteiger partial charge in [0, 0.05) is 24.0 Å². The largest absolute Gasteiger partial charge is 0.497 e. The van der Waals surface area contributed by atoms with Gasteiger partial charge in [-0.15, -0.1) is 5.10 Å². The summed E-state index contributed by atoms with van der Waals surface area (Å²) in [5, 5.41) is 31.1. The number of anilines is 1. The number of allylic oxidation sites excluding steroid dienone is 1. The van der Waals surface area contributed by atoms with E-state index < -0.39 is 0 Å². The summed E-state index contributed by atoms with van der Waals surface area (Å²) in [5.41, 5.74) is 1.29. The molecule has 98 valence electrons. The van der Waals surface area contributed by atoms with E-state index in [1.54, 1.807) is 30.3 Å². The SMILES string of the molecule is COc1cc(NC=C(C#N)C#N)cc(-n2cnnn2)c1. The van der Waals surface area contributed by atoms with Gasteiger partial charge in [-0.3, -0.25) is 0 Å². The van der Waals surface area contributed by atoms with E-state index in [4.69, 9.17) is 15.3 Å². The number of tetrazole rings is 1. The zero-order valence-electron chi connectivity index (χ0n) is 10.5. The monoisotopic (exact) mass is 267 g/mol. The molecule has 0 fully saturated rings. The van der Waals surface area contributed by atoms with Crippen molar-refractivity contribution in [1.29, 1.82) is 10.5 Å². The molecule has 0 amide bonds. The molecule has 1 N–H and O–H groups in total. The highest BCUT2D eigenvalue weighted by Gasteiger charge is 2.04. The van der Waals surface area contributed by atoms with Gasteiger partial charge in [0.15, 0.2) is 0 Å². The fourth-order valence-electron chi connectivity index (χ4n) is 1.44. The van der Waals surface area contributed by atoms with E-state index in [-0.39, 0.29) is 5.57 Å². The summed E-state index contributed by atoms with van der Waals surface area (Å²) in [6.45, 7) is 0. The summed E-state index contributed by atoms with van der Waals surface area (Å²) < 4.78 is 6.65. The fraction of sp³-hybridized carbons (Fsp3) is 0.0833. The molecular weight excluding hydrogens is 258 g/mol. The van der Waals surface area contributed by atoms with Crippen LogP contribution in [0.3, 0.4) is 0 Å². The lowest BCUT2D eigenvalue weighted by molar-refractivity contribution is 0.414. The van der Waals surface area contributed by atoms with Crippen LogP contribution >= 0.6 is 0 Å². The van der Waals surface area contributed by atoms with Gasteiger partial charge in [0.05, 0.1) is 12.8 Å². The van der Waals surface area contributed by atoms with Gasteiger partial charge < -0.3 is 10.1 Å². The lowest BCUT2D eigenvalue weighted by Crippen LogP contribution is -1.98. The molecule has 8 nitrogen and oxygen atoms in total. The van der Waals surface area contributed by atoms with Gasteiger partial charge in [-0.1, -0.05) is 0 Å². The van der Waals surface area contributed by atoms with Crippen molar-refractivity contribution < 1.29 is 4.74 Å². The van der Waals surface area contributed by atoms with Crippen LogP contribution < -0.4 is 10.1 Å². The number of nitrogens with zero attached hydrogens (tertiary/aromatic N) is 6. The van der Waals surface area contributed by atoms with Crippen LogP contribution in [0.2, 0.25) is 0 Å². The Morgan fingerprint density at radius 2 is 2.15 bits per heavy atom. The van der Waals surface area contributed by atoms with Crippen molar-refractivity contribution in [3.63, 3.8) is 0 Å². The van der Waals surface area contributed by atoms with E-state index in [1.807, 2.05) is 0 Å². The van der Waals surface area contributed by atoms with Crippen molar-refractivity contribution in [1.82, 2.24) is 20.2 Å². The third kappa shape index (κ3) is 2.89. The number of aromatic nitrogens is 4. The number of nitrogens with one attached hydrogen (secondary N) is 1. The summed E-state index contributed by atoms with van der Waals surface area (Å²) in [7, 11) is 1.54. The van der Waals surface area contributed by atoms with Crippen molar-refractivity contribution in [3.8, 4) is 23.6 Å². The summed E-state index contributed by atoms with van der Waals surface area (Å²) in [4.78, 5) is 0. The highest BCUT2D eigenvalue weighted by atomic mass is 16.5. The Morgan fingerprint density at radius 1 is 1.35 bits per heavy atom. The molecule has 1 heterocycles. The minimum absolute atomic E-state index is 0.0307. The van der Waals surface area contributed by atoms with Crippen LogP contribution in [-0.4, -0.2) is 27.3 Å². The molecule has 1 aromatic heterocycles. The number of ether oxygens (including phenoxy) is 1. The first-order chi connectivity index (χ1) is 9.76. The molecule has 2 rings (SSSR count). The molecular formula is C12H9N7O. The van der Waals surface area contributed by atoms with E-state index in [1.165, 1.54) is 24.3 Å². The molecule has 0 radical (unpaired) electrons. The van der Waals surface area contributed by atoms with Gasteiger partial charge >= 0.3 is 0 Å². The van der Waals surface area contributed by atoms with Gasteiger partial charge in [0.1, 0.15) is 29.8 Å². The van der Waals surface area contributed by atoms with E-state index >= 15 is 0 Å². The molecule has 0 aliphatic carbocycles. The smallest absolute Gasteiger partial charge is 0.145 e. The predicted octanol–water partition coefficient (Wildman–Crippen LogP) is 1.01. The number of nitriles is 2. The normalized spacial score (nSPS) is 9.15. The number of hydrogen-bond acceptors (Lipinski definition) is 7. The summed E-state index contributed by atoms with van der Waals surface area (Å²) >= 11 is 0. The number of rotatable bonds is 4. The Kier molecular flexibility index (Phi) is 3.90. The summed E-state index contributed by atoms with van der Waals surface area (Å²) in [5.74, 6) is 0.587. The number of benzene rings is 1. The van der Waals surface area contributed by atoms with Gasteiger partial charge in [-0.25, -0.2) is 4.68 Å². The molecule has 0 aliphatic heterocycles. The molecule has 20 heavy (non-hydrogen) atoms. The van der Waals surface area contributed by atoms with Gasteiger partial charge in [-0.2, -0.15) is 10.5 Å². The highest BCUT2D eigenvalue weighted by molar-refractivity contribution is 5.58. The van der Waals surface area contributed by atoms with Gasteiger partial charge in [-0.05, 0) is 16.5 Å². The Bertz CT molecular complexity index is 690. The molecule has 2 aromatic rings. The second kappa shape index (κ2) is 5.98. The van der Waals surface area contributed by atoms with Crippen LogP contribution in [0.25, 0.3) is 5.69 Å². The highest BCUT2D eigenvalue weighted by Crippen LogP contribution is 2.23. The maximum Gasteiger partial charge on any atom is 0.145 e. The first kappa shape index (κ1) is 13.1. The van der Waals surface area contributed by atoms with E-state index in [0.717, 1.165) is 0 Å². The number of hydrogen-bond donors (Lipinski definition) is 1. The summed E-state index contributed by atoms with van der Waals surface area (Å²) in [6, 6.07) is 8.74. The minimum Gasteiger partial charge on any atom is -0.497 e. The Labute approximate surface area is 114 Å². The topological polar surface area (TPSA) is 112 Å². The van der Waals surface area contributed by atoms with Crippen molar-refractivity contribution in [2.75, 3.05) is 12.4 Å². The average molecular weight is 267 g/mol. The molecule has 0 unspecified atom stereocenters. The zero-order chi connectivity index (χ0) is 14.4. The fourth-order valence-corrected chi connectivity index (χ4v) is 1.44. The lowest BCUT2D eigenvalue weighted by Gasteiger charge is -2.08. The Balaban J connectivity index is 2.35. The van der Waals surface area contributed by atoms with E-state index in [9.17, 15) is 0 Å². The molecule has 0 saturated carbocycles. The van der Waals surface area contributed by atoms with Crippen molar-refractivity contribution >= 4 is 5.69 Å². The molecule has 0 spiro atoms. The van der Waals surface area contributed by atoms with Gasteiger partial charge in [0.2, 0.25) is 0 Å². The molecule has 0 bridgehead atoms. The zero-order valence-corrected chi connectivity index (χ0v) is 10.5. The summed E-state index contributed by atoms with van der Waals surface area (Å²) in [6.07, 6.45) is 2.77. The average Bonchev–Trinajstić information content (AvgIpc) is 3.02. The van der Waals surface area contributed by atoms with Gasteiger partial charge in [0.25, 0.3) is 0 Å². The minimum atomic E-state index is -0.0307. The molecule has 0 saturated heterocycles. The maximum absolute atomic E-state index is 8.67. The Hall–Kier alpha value is -3.39. The van der Waals surface area contributed by atoms with Crippen LogP contribution in [0.4, 0.5) is 5.69 Å². The van der Waals surface area contributed by atoms with E-state index in [2.05, 4.69) is 20.8 Å². The number of methoxy groups -OCH3 is 1. The predicted molar refractivity (Wildman–Crippen MR) is 68.6 cm³/mol. The molecule has 8 heteroatoms. The van der Waals surface area contributed by atoms with Crippen molar-refractivity contribution in [2.24, 2.45) is 0 Å². The van der Waals surface area contributed by atoms with Crippen molar-refractivity contribution in [2.45, 2.75) is 0 Å². The first-order valence-electron chi connectivity index (χ1n) is 5.46. The standard InChI is InChI=1S/C12H9N7O/c1-20-12-3-10(15-7-9(5-13)6-14)2-11(4-12)19-8-16-17-18-19/h2-4,7-8,15H,1H3. The van der Waals surface area contributed by atoms with E-state index in [0.29, 0.717) is 17.1 Å². The molecule has 0 aliphatic rings. The molecule has 0 atom stereocenters. The first-order valence-corrected chi connectivity index (χ1v) is 5.46. The molecule has 1 aromatic carbocycles. The third-order valence-electron chi connectivity index (χ3n) is 2.36. The van der Waals surface area contributed by atoms with Crippen LogP contribution in [0.5, 0.6) is 5.75 Å². The van der Waals surface area contributed by atoms with Crippen LogP contribution in [0, 0.1) is 22.7 Å². The lowest BCUT2D eigenvalue weighted by atomic mass is 10.2. The second-order valence-electron chi connectivity index (χ2n) is 3.60. The Morgan fingerprint density at radius 3 is 2.75 bits per heavy atom.